The summed E-state index contributed by atoms with van der Waals surface area (Å²) in [5.41, 5.74) is 1.02. The van der Waals surface area contributed by atoms with Crippen molar-refractivity contribution in [3.63, 3.8) is 0 Å². The summed E-state index contributed by atoms with van der Waals surface area (Å²) in [7, 11) is 0. The average Bonchev–Trinajstić information content (AvgIpc) is 3.33. The molecule has 1 saturated heterocycles. The second kappa shape index (κ2) is 6.16. The summed E-state index contributed by atoms with van der Waals surface area (Å²) in [4.78, 5) is 25.6. The van der Waals surface area contributed by atoms with Gasteiger partial charge in [0.25, 0.3) is 0 Å². The van der Waals surface area contributed by atoms with Gasteiger partial charge in [-0.2, -0.15) is 0 Å². The van der Waals surface area contributed by atoms with Crippen LogP contribution in [0.15, 0.2) is 30.3 Å². The maximum Gasteiger partial charge on any atom is 0.410 e. The van der Waals surface area contributed by atoms with Crippen LogP contribution in [0.2, 0.25) is 0 Å². The van der Waals surface area contributed by atoms with Gasteiger partial charge in [0.2, 0.25) is 5.91 Å². The first-order chi connectivity index (χ1) is 10.2. The minimum absolute atomic E-state index is 0.0200. The van der Waals surface area contributed by atoms with Crippen LogP contribution >= 0.6 is 0 Å². The maximum atomic E-state index is 12.3. The number of ether oxygens (including phenoxy) is 1. The van der Waals surface area contributed by atoms with Gasteiger partial charge in [0, 0.05) is 19.5 Å². The van der Waals surface area contributed by atoms with Crippen molar-refractivity contribution in [3.05, 3.63) is 35.9 Å². The van der Waals surface area contributed by atoms with Crippen molar-refractivity contribution in [1.29, 1.82) is 0 Å². The Hall–Kier alpha value is -2.04. The molecule has 1 atom stereocenters. The van der Waals surface area contributed by atoms with Gasteiger partial charge in [-0.05, 0) is 24.3 Å². The van der Waals surface area contributed by atoms with Crippen LogP contribution in [0, 0.1) is 5.92 Å². The Balaban J connectivity index is 1.74. The quantitative estimate of drug-likeness (QED) is 0.926. The molecule has 1 saturated carbocycles. The van der Waals surface area contributed by atoms with Crippen LogP contribution in [0.1, 0.15) is 30.9 Å². The van der Waals surface area contributed by atoms with Gasteiger partial charge < -0.3 is 10.1 Å². The van der Waals surface area contributed by atoms with Crippen LogP contribution in [0.5, 0.6) is 0 Å². The first kappa shape index (κ1) is 13.9. The highest BCUT2D eigenvalue weighted by Gasteiger charge is 2.31. The van der Waals surface area contributed by atoms with E-state index in [0.717, 1.165) is 18.4 Å². The number of nitrogens with zero attached hydrogens (tertiary/aromatic N) is 1. The van der Waals surface area contributed by atoms with Crippen molar-refractivity contribution < 1.29 is 14.3 Å². The second-order valence-electron chi connectivity index (χ2n) is 5.69. The van der Waals surface area contributed by atoms with Crippen LogP contribution in [0.25, 0.3) is 0 Å². The van der Waals surface area contributed by atoms with Crippen LogP contribution < -0.4 is 5.32 Å². The van der Waals surface area contributed by atoms with Crippen LogP contribution in [0.4, 0.5) is 4.79 Å². The van der Waals surface area contributed by atoms with Crippen molar-refractivity contribution in [2.45, 2.75) is 25.3 Å². The van der Waals surface area contributed by atoms with Crippen LogP contribution in [-0.4, -0.2) is 36.6 Å². The van der Waals surface area contributed by atoms with Crippen LogP contribution in [0.3, 0.4) is 0 Å². The van der Waals surface area contributed by atoms with Gasteiger partial charge in [-0.25, -0.2) is 4.79 Å². The Morgan fingerprint density at radius 1 is 1.29 bits per heavy atom. The molecule has 0 aromatic heterocycles. The highest BCUT2D eigenvalue weighted by Crippen LogP contribution is 2.30. The number of nitrogens with one attached hydrogen (secondary N) is 1. The Morgan fingerprint density at radius 2 is 2.05 bits per heavy atom. The number of amides is 2. The fourth-order valence-electron chi connectivity index (χ4n) is 2.54. The molecule has 1 aliphatic carbocycles. The zero-order valence-corrected chi connectivity index (χ0v) is 12.0. The summed E-state index contributed by atoms with van der Waals surface area (Å²) in [6.45, 7) is 1.33. The number of rotatable bonds is 3. The molecule has 1 aromatic carbocycles. The highest BCUT2D eigenvalue weighted by molar-refractivity contribution is 5.78. The number of benzene rings is 1. The molecule has 0 spiro atoms. The number of hydrogen-bond donors (Lipinski definition) is 1. The van der Waals surface area contributed by atoms with E-state index in [9.17, 15) is 9.59 Å². The summed E-state index contributed by atoms with van der Waals surface area (Å²) < 4.78 is 5.40. The van der Waals surface area contributed by atoms with E-state index in [-0.39, 0.29) is 18.0 Å². The first-order valence-corrected chi connectivity index (χ1v) is 7.49. The molecule has 2 amide bonds. The fourth-order valence-corrected chi connectivity index (χ4v) is 2.54. The van der Waals surface area contributed by atoms with Crippen LogP contribution in [-0.2, 0) is 9.53 Å². The Morgan fingerprint density at radius 3 is 2.76 bits per heavy atom. The molecule has 1 aromatic rings. The Bertz CT molecular complexity index is 514. The Kier molecular flexibility index (Phi) is 4.08. The van der Waals surface area contributed by atoms with Crippen molar-refractivity contribution in [3.8, 4) is 0 Å². The van der Waals surface area contributed by atoms with E-state index in [2.05, 4.69) is 5.32 Å². The molecule has 2 fully saturated rings. The summed E-state index contributed by atoms with van der Waals surface area (Å²) in [5, 5.41) is 2.87. The van der Waals surface area contributed by atoms with Crippen molar-refractivity contribution in [2.75, 3.05) is 19.7 Å². The minimum atomic E-state index is -0.313. The third kappa shape index (κ3) is 3.54. The number of hydrogen-bond acceptors (Lipinski definition) is 3. The molecule has 1 aliphatic heterocycles. The van der Waals surface area contributed by atoms with E-state index < -0.39 is 0 Å². The van der Waals surface area contributed by atoms with E-state index >= 15 is 0 Å². The van der Waals surface area contributed by atoms with Crippen molar-refractivity contribution in [2.24, 2.45) is 5.92 Å². The summed E-state index contributed by atoms with van der Waals surface area (Å²) >= 11 is 0. The predicted octanol–water partition coefficient (Wildman–Crippen LogP) is 2.10. The smallest absolute Gasteiger partial charge is 0.410 e. The zero-order valence-electron chi connectivity index (χ0n) is 12.0. The highest BCUT2D eigenvalue weighted by atomic mass is 16.6. The number of carbonyl (C=O) groups is 2. The molecular weight excluding hydrogens is 268 g/mol. The molecule has 1 heterocycles. The average molecular weight is 288 g/mol. The molecule has 21 heavy (non-hydrogen) atoms. The molecule has 1 unspecified atom stereocenters. The standard InChI is InChI=1S/C16H20N2O3/c19-15-8-9-18(16(20)21-11-12-6-7-12)14(10-17-15)13-4-2-1-3-5-13/h1-5,12,14H,6-11H2,(H,17,19). The summed E-state index contributed by atoms with van der Waals surface area (Å²) in [6, 6.07) is 9.61. The first-order valence-electron chi connectivity index (χ1n) is 7.49. The minimum Gasteiger partial charge on any atom is -0.449 e. The third-order valence-corrected chi connectivity index (χ3v) is 4.01. The van der Waals surface area contributed by atoms with E-state index in [1.165, 1.54) is 0 Å². The monoisotopic (exact) mass is 288 g/mol. The van der Waals surface area contributed by atoms with Gasteiger partial charge in [-0.3, -0.25) is 9.69 Å². The summed E-state index contributed by atoms with van der Waals surface area (Å²) in [5.74, 6) is 0.518. The van der Waals surface area contributed by atoms with Gasteiger partial charge >= 0.3 is 6.09 Å². The molecule has 3 rings (SSSR count). The zero-order chi connectivity index (χ0) is 14.7. The van der Waals surface area contributed by atoms with Gasteiger partial charge in [0.15, 0.2) is 0 Å². The normalized spacial score (nSPS) is 22.4. The van der Waals surface area contributed by atoms with Gasteiger partial charge in [0.1, 0.15) is 0 Å². The van der Waals surface area contributed by atoms with Crippen molar-refractivity contribution in [1.82, 2.24) is 10.2 Å². The van der Waals surface area contributed by atoms with Gasteiger partial charge in [0.05, 0.1) is 12.6 Å². The third-order valence-electron chi connectivity index (χ3n) is 4.01. The van der Waals surface area contributed by atoms with E-state index in [4.69, 9.17) is 4.74 Å². The Labute approximate surface area is 124 Å². The fraction of sp³-hybridized carbons (Fsp3) is 0.500. The molecule has 0 radical (unpaired) electrons. The maximum absolute atomic E-state index is 12.3. The van der Waals surface area contributed by atoms with E-state index in [1.54, 1.807) is 4.90 Å². The van der Waals surface area contributed by atoms with Gasteiger partial charge in [-0.15, -0.1) is 0 Å². The number of carbonyl (C=O) groups excluding carboxylic acids is 2. The molecule has 5 heteroatoms. The molecule has 1 N–H and O–H groups in total. The molecule has 5 nitrogen and oxygen atoms in total. The van der Waals surface area contributed by atoms with E-state index in [1.807, 2.05) is 30.3 Å². The summed E-state index contributed by atoms with van der Waals surface area (Å²) in [6.07, 6.45) is 2.31. The molecule has 0 bridgehead atoms. The molecule has 112 valence electrons. The predicted molar refractivity (Wildman–Crippen MR) is 77.6 cm³/mol. The van der Waals surface area contributed by atoms with Crippen molar-refractivity contribution >= 4 is 12.0 Å². The largest absolute Gasteiger partial charge is 0.449 e. The lowest BCUT2D eigenvalue weighted by Crippen LogP contribution is -2.38. The lowest BCUT2D eigenvalue weighted by molar-refractivity contribution is -0.120. The van der Waals surface area contributed by atoms with E-state index in [0.29, 0.717) is 32.0 Å². The molecular formula is C16H20N2O3. The molecule has 2 aliphatic rings. The lowest BCUT2D eigenvalue weighted by Gasteiger charge is -2.29. The lowest BCUT2D eigenvalue weighted by atomic mass is 10.1. The van der Waals surface area contributed by atoms with Gasteiger partial charge in [-0.1, -0.05) is 30.3 Å². The second-order valence-corrected chi connectivity index (χ2v) is 5.69. The topological polar surface area (TPSA) is 58.6 Å². The SMILES string of the molecule is O=C1CCN(C(=O)OCC2CC2)C(c2ccccc2)CN1.